The lowest BCUT2D eigenvalue weighted by molar-refractivity contribution is 0.185. The average Bonchev–Trinajstić information content (AvgIpc) is 2.85. The number of methoxy groups -OCH3 is 1. The number of fused-ring (bicyclic) bond motifs is 3. The molecular weight excluding hydrogens is 284 g/mol. The van der Waals surface area contributed by atoms with Gasteiger partial charge in [-0.3, -0.25) is 9.36 Å². The van der Waals surface area contributed by atoms with Crippen molar-refractivity contribution in [2.24, 2.45) is 0 Å². The standard InChI is InChI=1S/C16H22N2O2S/c1-3-6-13-17-15-14(16(19)18(13)9-10-20-2)11-7-4-5-8-12(11)21-15/h3-10H2,1-2H3. The maximum atomic E-state index is 12.9. The monoisotopic (exact) mass is 306 g/mol. The number of aromatic nitrogens is 2. The Morgan fingerprint density at radius 3 is 2.90 bits per heavy atom. The van der Waals surface area contributed by atoms with Gasteiger partial charge in [-0.25, -0.2) is 4.98 Å². The summed E-state index contributed by atoms with van der Waals surface area (Å²) >= 11 is 1.73. The van der Waals surface area contributed by atoms with Crippen LogP contribution in [0.2, 0.25) is 0 Å². The molecule has 0 fully saturated rings. The van der Waals surface area contributed by atoms with Crippen LogP contribution in [0.3, 0.4) is 0 Å². The molecule has 0 bridgehead atoms. The highest BCUT2D eigenvalue weighted by atomic mass is 32.1. The minimum absolute atomic E-state index is 0.139. The molecule has 1 aliphatic rings. The van der Waals surface area contributed by atoms with Crippen LogP contribution in [-0.4, -0.2) is 23.3 Å². The minimum Gasteiger partial charge on any atom is -0.383 e. The first kappa shape index (κ1) is 14.7. The first-order valence-corrected chi connectivity index (χ1v) is 8.60. The van der Waals surface area contributed by atoms with Gasteiger partial charge in [-0.05, 0) is 37.7 Å². The number of nitrogens with zero attached hydrogens (tertiary/aromatic N) is 2. The van der Waals surface area contributed by atoms with Crippen molar-refractivity contribution in [3.8, 4) is 0 Å². The number of rotatable bonds is 5. The van der Waals surface area contributed by atoms with Crippen LogP contribution in [0.5, 0.6) is 0 Å². The highest BCUT2D eigenvalue weighted by molar-refractivity contribution is 7.18. The second-order valence-corrected chi connectivity index (χ2v) is 6.70. The van der Waals surface area contributed by atoms with Crippen molar-refractivity contribution in [1.82, 2.24) is 9.55 Å². The molecule has 0 unspecified atom stereocenters. The van der Waals surface area contributed by atoms with Gasteiger partial charge < -0.3 is 4.74 Å². The summed E-state index contributed by atoms with van der Waals surface area (Å²) in [5.74, 6) is 0.908. The molecule has 0 saturated heterocycles. The predicted molar refractivity (Wildman–Crippen MR) is 86.4 cm³/mol. The molecular formula is C16H22N2O2S. The van der Waals surface area contributed by atoms with Crippen LogP contribution < -0.4 is 5.56 Å². The van der Waals surface area contributed by atoms with E-state index in [1.165, 1.54) is 23.3 Å². The van der Waals surface area contributed by atoms with Crippen molar-refractivity contribution in [3.63, 3.8) is 0 Å². The van der Waals surface area contributed by atoms with E-state index >= 15 is 0 Å². The molecule has 0 radical (unpaired) electrons. The van der Waals surface area contributed by atoms with Crippen molar-refractivity contribution < 1.29 is 4.74 Å². The molecule has 1 aliphatic carbocycles. The zero-order chi connectivity index (χ0) is 14.8. The maximum Gasteiger partial charge on any atom is 0.262 e. The van der Waals surface area contributed by atoms with Gasteiger partial charge in [-0.15, -0.1) is 11.3 Å². The summed E-state index contributed by atoms with van der Waals surface area (Å²) in [4.78, 5) is 20.1. The van der Waals surface area contributed by atoms with Crippen LogP contribution in [0.4, 0.5) is 0 Å². The minimum atomic E-state index is 0.139. The summed E-state index contributed by atoms with van der Waals surface area (Å²) in [6.45, 7) is 3.27. The summed E-state index contributed by atoms with van der Waals surface area (Å²) in [6, 6.07) is 0. The molecule has 2 heterocycles. The van der Waals surface area contributed by atoms with Crippen LogP contribution in [-0.2, 0) is 30.5 Å². The molecule has 114 valence electrons. The number of hydrogen-bond donors (Lipinski definition) is 0. The molecule has 0 atom stereocenters. The van der Waals surface area contributed by atoms with E-state index in [9.17, 15) is 4.79 Å². The molecule has 0 aromatic carbocycles. The van der Waals surface area contributed by atoms with Crippen LogP contribution in [0.25, 0.3) is 10.2 Å². The smallest absolute Gasteiger partial charge is 0.262 e. The van der Waals surface area contributed by atoms with Gasteiger partial charge in [0.2, 0.25) is 0 Å². The molecule has 0 N–H and O–H groups in total. The summed E-state index contributed by atoms with van der Waals surface area (Å²) in [6.07, 6.45) is 6.40. The van der Waals surface area contributed by atoms with E-state index in [2.05, 4.69) is 6.92 Å². The van der Waals surface area contributed by atoms with E-state index < -0.39 is 0 Å². The van der Waals surface area contributed by atoms with Gasteiger partial charge in [0.25, 0.3) is 5.56 Å². The Hall–Kier alpha value is -1.20. The van der Waals surface area contributed by atoms with Crippen molar-refractivity contribution >= 4 is 21.6 Å². The first-order chi connectivity index (χ1) is 10.3. The van der Waals surface area contributed by atoms with Crippen molar-refractivity contribution in [1.29, 1.82) is 0 Å². The number of ether oxygens (including phenoxy) is 1. The third-order valence-corrected chi connectivity index (χ3v) is 5.33. The summed E-state index contributed by atoms with van der Waals surface area (Å²) < 4.78 is 6.99. The lowest BCUT2D eigenvalue weighted by Gasteiger charge is -2.13. The van der Waals surface area contributed by atoms with Gasteiger partial charge in [-0.2, -0.15) is 0 Å². The Balaban J connectivity index is 2.19. The van der Waals surface area contributed by atoms with Crippen LogP contribution in [0.15, 0.2) is 4.79 Å². The SMILES string of the molecule is CCCc1nc2sc3c(c2c(=O)n1CCOC)CCCC3. The van der Waals surface area contributed by atoms with Gasteiger partial charge >= 0.3 is 0 Å². The number of hydrogen-bond acceptors (Lipinski definition) is 4. The van der Waals surface area contributed by atoms with E-state index in [0.29, 0.717) is 13.2 Å². The van der Waals surface area contributed by atoms with E-state index in [0.717, 1.165) is 41.7 Å². The van der Waals surface area contributed by atoms with Crippen LogP contribution >= 0.6 is 11.3 Å². The van der Waals surface area contributed by atoms with E-state index in [1.807, 2.05) is 4.57 Å². The molecule has 4 nitrogen and oxygen atoms in total. The zero-order valence-electron chi connectivity index (χ0n) is 12.8. The zero-order valence-corrected chi connectivity index (χ0v) is 13.6. The fourth-order valence-corrected chi connectivity index (χ4v) is 4.38. The highest BCUT2D eigenvalue weighted by Gasteiger charge is 2.21. The number of aryl methyl sites for hydroxylation is 3. The topological polar surface area (TPSA) is 44.1 Å². The Labute approximate surface area is 128 Å². The van der Waals surface area contributed by atoms with Crippen LogP contribution in [0, 0.1) is 0 Å². The fraction of sp³-hybridized carbons (Fsp3) is 0.625. The Morgan fingerprint density at radius 1 is 1.33 bits per heavy atom. The largest absolute Gasteiger partial charge is 0.383 e. The summed E-state index contributed by atoms with van der Waals surface area (Å²) in [5.41, 5.74) is 1.41. The average molecular weight is 306 g/mol. The normalized spacial score (nSPS) is 14.6. The molecule has 0 saturated carbocycles. The molecule has 2 aromatic heterocycles. The second-order valence-electron chi connectivity index (χ2n) is 5.62. The molecule has 0 aliphatic heterocycles. The maximum absolute atomic E-state index is 12.9. The van der Waals surface area contributed by atoms with E-state index in [1.54, 1.807) is 18.4 Å². The molecule has 0 spiro atoms. The Kier molecular flexibility index (Phi) is 4.40. The Bertz CT molecular complexity index is 702. The third-order valence-electron chi connectivity index (χ3n) is 4.15. The lowest BCUT2D eigenvalue weighted by Crippen LogP contribution is -2.27. The second kappa shape index (κ2) is 6.28. The quantitative estimate of drug-likeness (QED) is 0.853. The Morgan fingerprint density at radius 2 is 2.14 bits per heavy atom. The first-order valence-electron chi connectivity index (χ1n) is 7.79. The van der Waals surface area contributed by atoms with Gasteiger partial charge in [0.15, 0.2) is 0 Å². The predicted octanol–water partition coefficient (Wildman–Crippen LogP) is 2.94. The summed E-state index contributed by atoms with van der Waals surface area (Å²) in [7, 11) is 1.67. The highest BCUT2D eigenvalue weighted by Crippen LogP contribution is 2.33. The molecule has 21 heavy (non-hydrogen) atoms. The molecule has 2 aromatic rings. The van der Waals surface area contributed by atoms with Gasteiger partial charge in [-0.1, -0.05) is 6.92 Å². The van der Waals surface area contributed by atoms with Gasteiger partial charge in [0, 0.05) is 18.4 Å². The van der Waals surface area contributed by atoms with Crippen molar-refractivity contribution in [2.75, 3.05) is 13.7 Å². The van der Waals surface area contributed by atoms with E-state index in [-0.39, 0.29) is 5.56 Å². The molecule has 0 amide bonds. The molecule has 3 rings (SSSR count). The molecule has 5 heteroatoms. The van der Waals surface area contributed by atoms with E-state index in [4.69, 9.17) is 9.72 Å². The van der Waals surface area contributed by atoms with Gasteiger partial charge in [0.1, 0.15) is 10.7 Å². The summed E-state index contributed by atoms with van der Waals surface area (Å²) in [5, 5.41) is 0.880. The third kappa shape index (κ3) is 2.64. The van der Waals surface area contributed by atoms with Crippen molar-refractivity contribution in [3.05, 3.63) is 26.6 Å². The van der Waals surface area contributed by atoms with Crippen LogP contribution in [0.1, 0.15) is 42.5 Å². The fourth-order valence-electron chi connectivity index (χ4n) is 3.11. The lowest BCUT2D eigenvalue weighted by atomic mass is 9.97. The van der Waals surface area contributed by atoms with Crippen molar-refractivity contribution in [2.45, 2.75) is 52.0 Å². The van der Waals surface area contributed by atoms with Gasteiger partial charge in [0.05, 0.1) is 18.5 Å². The number of thiophene rings is 1.